The van der Waals surface area contributed by atoms with Crippen LogP contribution >= 0.6 is 11.3 Å². The largest absolute Gasteiger partial charge is 0.507 e. The SMILES string of the molecule is Cc1c(N2CCNCC2)sc2nnc(-c3ccccc3O)cc12. The lowest BCUT2D eigenvalue weighted by Gasteiger charge is -2.28. The number of piperazine rings is 1. The molecule has 1 fully saturated rings. The van der Waals surface area contributed by atoms with E-state index in [4.69, 9.17) is 0 Å². The standard InChI is InChI=1S/C17H18N4OS/c1-11-13-10-14(12-4-2-3-5-15(12)22)19-20-16(13)23-17(11)21-8-6-18-7-9-21/h2-5,10,18,22H,6-9H2,1H3. The summed E-state index contributed by atoms with van der Waals surface area (Å²) in [7, 11) is 0. The van der Waals surface area contributed by atoms with Gasteiger partial charge in [-0.05, 0) is 30.7 Å². The predicted molar refractivity (Wildman–Crippen MR) is 94.3 cm³/mol. The Kier molecular flexibility index (Phi) is 3.63. The summed E-state index contributed by atoms with van der Waals surface area (Å²) in [5.74, 6) is 0.233. The number of fused-ring (bicyclic) bond motifs is 1. The molecule has 2 aromatic heterocycles. The molecule has 3 heterocycles. The van der Waals surface area contributed by atoms with Gasteiger partial charge in [0.15, 0.2) is 0 Å². The smallest absolute Gasteiger partial charge is 0.148 e. The van der Waals surface area contributed by atoms with Crippen molar-refractivity contribution in [1.82, 2.24) is 15.5 Å². The molecule has 1 aromatic carbocycles. The third-order valence-corrected chi connectivity index (χ3v) is 5.52. The summed E-state index contributed by atoms with van der Waals surface area (Å²) in [5.41, 5.74) is 2.68. The van der Waals surface area contributed by atoms with Crippen LogP contribution in [-0.4, -0.2) is 41.5 Å². The second-order valence-corrected chi connectivity index (χ2v) is 6.71. The van der Waals surface area contributed by atoms with Gasteiger partial charge in [-0.1, -0.05) is 23.5 Å². The van der Waals surface area contributed by atoms with Gasteiger partial charge >= 0.3 is 0 Å². The second kappa shape index (κ2) is 5.79. The molecule has 0 aliphatic carbocycles. The van der Waals surface area contributed by atoms with Crippen molar-refractivity contribution in [3.8, 4) is 17.0 Å². The highest BCUT2D eigenvalue weighted by Crippen LogP contribution is 2.38. The van der Waals surface area contributed by atoms with E-state index in [1.54, 1.807) is 17.4 Å². The molecule has 1 saturated heterocycles. The number of aromatic hydroxyl groups is 1. The fraction of sp³-hybridized carbons (Fsp3) is 0.294. The first-order chi connectivity index (χ1) is 11.2. The molecule has 0 unspecified atom stereocenters. The average Bonchev–Trinajstić information content (AvgIpc) is 2.93. The highest BCUT2D eigenvalue weighted by Gasteiger charge is 2.19. The Morgan fingerprint density at radius 2 is 1.96 bits per heavy atom. The van der Waals surface area contributed by atoms with Crippen LogP contribution in [0.3, 0.4) is 0 Å². The highest BCUT2D eigenvalue weighted by atomic mass is 32.1. The van der Waals surface area contributed by atoms with Gasteiger partial charge in [-0.15, -0.1) is 10.2 Å². The molecular weight excluding hydrogens is 308 g/mol. The van der Waals surface area contributed by atoms with Crippen LogP contribution in [0.15, 0.2) is 30.3 Å². The van der Waals surface area contributed by atoms with Crippen molar-refractivity contribution in [1.29, 1.82) is 0 Å². The number of anilines is 1. The molecule has 0 spiro atoms. The first-order valence-electron chi connectivity index (χ1n) is 7.75. The third-order valence-electron chi connectivity index (χ3n) is 4.26. The molecule has 5 nitrogen and oxygen atoms in total. The maximum absolute atomic E-state index is 10.0. The molecule has 0 amide bonds. The van der Waals surface area contributed by atoms with Crippen molar-refractivity contribution in [2.24, 2.45) is 0 Å². The summed E-state index contributed by atoms with van der Waals surface area (Å²) in [5, 5.41) is 24.5. The fourth-order valence-electron chi connectivity index (χ4n) is 3.00. The van der Waals surface area contributed by atoms with E-state index in [9.17, 15) is 5.11 Å². The van der Waals surface area contributed by atoms with Crippen molar-refractivity contribution in [2.75, 3.05) is 31.1 Å². The Balaban J connectivity index is 1.80. The van der Waals surface area contributed by atoms with Crippen LogP contribution < -0.4 is 10.2 Å². The Hall–Kier alpha value is -2.18. The Labute approximate surface area is 138 Å². The Morgan fingerprint density at radius 3 is 2.74 bits per heavy atom. The number of phenolic OH excluding ortho intramolecular Hbond substituents is 1. The number of nitrogens with zero attached hydrogens (tertiary/aromatic N) is 3. The second-order valence-electron chi connectivity index (χ2n) is 5.73. The molecule has 0 radical (unpaired) electrons. The fourth-order valence-corrected chi connectivity index (χ4v) is 4.16. The lowest BCUT2D eigenvalue weighted by Crippen LogP contribution is -2.43. The molecule has 118 valence electrons. The molecule has 6 heteroatoms. The zero-order valence-electron chi connectivity index (χ0n) is 12.9. The van der Waals surface area contributed by atoms with Crippen molar-refractivity contribution in [3.05, 3.63) is 35.9 Å². The maximum Gasteiger partial charge on any atom is 0.148 e. The molecule has 1 aliphatic heterocycles. The van der Waals surface area contributed by atoms with Crippen LogP contribution in [0.2, 0.25) is 0 Å². The van der Waals surface area contributed by atoms with E-state index < -0.39 is 0 Å². The summed E-state index contributed by atoms with van der Waals surface area (Å²) in [4.78, 5) is 3.37. The monoisotopic (exact) mass is 326 g/mol. The van der Waals surface area contributed by atoms with Crippen molar-refractivity contribution in [2.45, 2.75) is 6.92 Å². The Morgan fingerprint density at radius 1 is 1.17 bits per heavy atom. The number of hydrogen-bond acceptors (Lipinski definition) is 6. The summed E-state index contributed by atoms with van der Waals surface area (Å²) < 4.78 is 0. The van der Waals surface area contributed by atoms with Gasteiger partial charge in [0.05, 0.1) is 10.7 Å². The van der Waals surface area contributed by atoms with Gasteiger partial charge in [-0.3, -0.25) is 0 Å². The summed E-state index contributed by atoms with van der Waals surface area (Å²) in [6.45, 7) is 6.22. The third kappa shape index (κ3) is 2.54. The van der Waals surface area contributed by atoms with Crippen LogP contribution in [-0.2, 0) is 0 Å². The van der Waals surface area contributed by atoms with Crippen LogP contribution in [0.25, 0.3) is 21.5 Å². The van der Waals surface area contributed by atoms with Gasteiger partial charge in [0.25, 0.3) is 0 Å². The van der Waals surface area contributed by atoms with E-state index in [0.717, 1.165) is 42.0 Å². The molecular formula is C17H18N4OS. The van der Waals surface area contributed by atoms with Crippen LogP contribution in [0.5, 0.6) is 5.75 Å². The number of phenols is 1. The number of benzene rings is 1. The number of rotatable bonds is 2. The average molecular weight is 326 g/mol. The van der Waals surface area contributed by atoms with Crippen molar-refractivity contribution >= 4 is 26.6 Å². The summed E-state index contributed by atoms with van der Waals surface area (Å²) in [6, 6.07) is 9.28. The molecule has 0 atom stereocenters. The number of hydrogen-bond donors (Lipinski definition) is 2. The van der Waals surface area contributed by atoms with Gasteiger partial charge in [0.1, 0.15) is 10.6 Å². The molecule has 4 rings (SSSR count). The minimum absolute atomic E-state index is 0.233. The minimum Gasteiger partial charge on any atom is -0.507 e. The lowest BCUT2D eigenvalue weighted by molar-refractivity contribution is 0.477. The molecule has 0 bridgehead atoms. The lowest BCUT2D eigenvalue weighted by atomic mass is 10.1. The van der Waals surface area contributed by atoms with E-state index in [0.29, 0.717) is 5.69 Å². The zero-order valence-corrected chi connectivity index (χ0v) is 13.7. The topological polar surface area (TPSA) is 61.3 Å². The van der Waals surface area contributed by atoms with E-state index in [1.165, 1.54) is 10.6 Å². The maximum atomic E-state index is 10.0. The van der Waals surface area contributed by atoms with Gasteiger partial charge in [0.2, 0.25) is 0 Å². The van der Waals surface area contributed by atoms with E-state index >= 15 is 0 Å². The normalized spacial score (nSPS) is 15.3. The molecule has 1 aliphatic rings. The highest BCUT2D eigenvalue weighted by molar-refractivity contribution is 7.22. The number of nitrogens with one attached hydrogen (secondary N) is 1. The summed E-state index contributed by atoms with van der Waals surface area (Å²) >= 11 is 1.70. The molecule has 2 N–H and O–H groups in total. The first kappa shape index (κ1) is 14.4. The van der Waals surface area contributed by atoms with Crippen molar-refractivity contribution < 1.29 is 5.11 Å². The van der Waals surface area contributed by atoms with Gasteiger partial charge in [-0.2, -0.15) is 0 Å². The van der Waals surface area contributed by atoms with E-state index in [-0.39, 0.29) is 5.75 Å². The number of aromatic nitrogens is 2. The van der Waals surface area contributed by atoms with Gasteiger partial charge in [-0.25, -0.2) is 0 Å². The van der Waals surface area contributed by atoms with Crippen molar-refractivity contribution in [3.63, 3.8) is 0 Å². The van der Waals surface area contributed by atoms with Crippen LogP contribution in [0.4, 0.5) is 5.00 Å². The molecule has 3 aromatic rings. The first-order valence-corrected chi connectivity index (χ1v) is 8.56. The van der Waals surface area contributed by atoms with Crippen LogP contribution in [0, 0.1) is 6.92 Å². The van der Waals surface area contributed by atoms with Crippen LogP contribution in [0.1, 0.15) is 5.56 Å². The zero-order chi connectivity index (χ0) is 15.8. The number of aryl methyl sites for hydroxylation is 1. The number of para-hydroxylation sites is 1. The minimum atomic E-state index is 0.233. The Bertz CT molecular complexity index is 855. The van der Waals surface area contributed by atoms with E-state index in [1.807, 2.05) is 24.3 Å². The van der Waals surface area contributed by atoms with Gasteiger partial charge in [0, 0.05) is 37.1 Å². The van der Waals surface area contributed by atoms with E-state index in [2.05, 4.69) is 27.3 Å². The van der Waals surface area contributed by atoms with Gasteiger partial charge < -0.3 is 15.3 Å². The number of thiophene rings is 1. The molecule has 0 saturated carbocycles. The molecule has 23 heavy (non-hydrogen) atoms. The summed E-state index contributed by atoms with van der Waals surface area (Å²) in [6.07, 6.45) is 0. The predicted octanol–water partition coefficient (Wildman–Crippen LogP) is 2.78. The quantitative estimate of drug-likeness (QED) is 0.758.